The van der Waals surface area contributed by atoms with Gasteiger partial charge in [-0.1, -0.05) is 0 Å². The summed E-state index contributed by atoms with van der Waals surface area (Å²) in [6.07, 6.45) is 0. The Morgan fingerprint density at radius 3 is 2.28 bits per heavy atom. The number of rotatable bonds is 6. The van der Waals surface area contributed by atoms with Crippen LogP contribution in [0.4, 0.5) is 5.69 Å². The molecule has 9 heteroatoms. The molecule has 0 aliphatic carbocycles. The van der Waals surface area contributed by atoms with Gasteiger partial charge in [-0.3, -0.25) is 4.79 Å². The van der Waals surface area contributed by atoms with Gasteiger partial charge in [0.1, 0.15) is 11.5 Å². The second-order valence-corrected chi connectivity index (χ2v) is 8.84. The van der Waals surface area contributed by atoms with Gasteiger partial charge in [0, 0.05) is 5.56 Å². The summed E-state index contributed by atoms with van der Waals surface area (Å²) in [5.74, 6) is 0.651. The lowest BCUT2D eigenvalue weighted by Gasteiger charge is -2.29. The van der Waals surface area contributed by atoms with Crippen LogP contribution in [-0.2, 0) is 10.0 Å². The van der Waals surface area contributed by atoms with Crippen LogP contribution in [-0.4, -0.2) is 66.1 Å². The number of hydrogen-bond donors (Lipinski definition) is 2. The van der Waals surface area contributed by atoms with Gasteiger partial charge in [0.05, 0.1) is 58.0 Å². The molecule has 2 aromatic carbocycles. The third kappa shape index (κ3) is 4.69. The molecule has 1 aliphatic rings. The second-order valence-electron chi connectivity index (χ2n) is 6.91. The molecule has 0 bridgehead atoms. The number of methoxy groups -OCH3 is 2. The van der Waals surface area contributed by atoms with E-state index in [-0.39, 0.29) is 10.8 Å². The fourth-order valence-corrected chi connectivity index (χ4v) is 4.61. The highest BCUT2D eigenvalue weighted by atomic mass is 32.2. The van der Waals surface area contributed by atoms with Crippen LogP contribution in [0.5, 0.6) is 11.5 Å². The summed E-state index contributed by atoms with van der Waals surface area (Å²) in [6.45, 7) is 2.45. The van der Waals surface area contributed by atoms with E-state index in [1.807, 2.05) is 7.05 Å². The first-order valence-electron chi connectivity index (χ1n) is 9.30. The van der Waals surface area contributed by atoms with Gasteiger partial charge in [-0.2, -0.15) is 4.31 Å². The summed E-state index contributed by atoms with van der Waals surface area (Å²) in [4.78, 5) is 14.0. The molecule has 8 nitrogen and oxygen atoms in total. The minimum Gasteiger partial charge on any atom is -0.497 e. The lowest BCUT2D eigenvalue weighted by atomic mass is 10.2. The average molecular weight is 421 g/mol. The van der Waals surface area contributed by atoms with Gasteiger partial charge < -0.3 is 19.7 Å². The number of nitrogens with zero attached hydrogens (tertiary/aromatic N) is 1. The van der Waals surface area contributed by atoms with E-state index < -0.39 is 10.0 Å². The van der Waals surface area contributed by atoms with Crippen molar-refractivity contribution < 1.29 is 27.6 Å². The Morgan fingerprint density at radius 2 is 1.69 bits per heavy atom. The number of benzene rings is 2. The molecule has 1 saturated heterocycles. The van der Waals surface area contributed by atoms with Gasteiger partial charge in [0.25, 0.3) is 5.91 Å². The Hall–Kier alpha value is -2.62. The normalized spacial score (nSPS) is 15.7. The maximum atomic E-state index is 13.0. The summed E-state index contributed by atoms with van der Waals surface area (Å²) in [6, 6.07) is 11.1. The molecule has 0 atom stereocenters. The van der Waals surface area contributed by atoms with Crippen LogP contribution >= 0.6 is 0 Å². The van der Waals surface area contributed by atoms with Crippen LogP contribution in [0.1, 0.15) is 10.4 Å². The van der Waals surface area contributed by atoms with E-state index in [1.54, 1.807) is 37.4 Å². The van der Waals surface area contributed by atoms with Gasteiger partial charge in [-0.25, -0.2) is 8.42 Å². The fourth-order valence-electron chi connectivity index (χ4n) is 3.14. The third-order valence-corrected chi connectivity index (χ3v) is 6.88. The molecule has 3 rings (SSSR count). The largest absolute Gasteiger partial charge is 0.497 e. The highest BCUT2D eigenvalue weighted by molar-refractivity contribution is 7.89. The summed E-state index contributed by atoms with van der Waals surface area (Å²) in [5.41, 5.74) is 0.720. The van der Waals surface area contributed by atoms with Crippen molar-refractivity contribution >= 4 is 21.6 Å². The first-order valence-corrected chi connectivity index (χ1v) is 10.7. The highest BCUT2D eigenvalue weighted by Crippen LogP contribution is 2.29. The Morgan fingerprint density at radius 1 is 1.03 bits per heavy atom. The van der Waals surface area contributed by atoms with E-state index in [9.17, 15) is 13.2 Å². The van der Waals surface area contributed by atoms with Crippen LogP contribution in [0.25, 0.3) is 0 Å². The predicted octanol–water partition coefficient (Wildman–Crippen LogP) is 0.475. The smallest absolute Gasteiger partial charge is 0.255 e. The van der Waals surface area contributed by atoms with E-state index in [0.29, 0.717) is 35.8 Å². The molecule has 0 unspecified atom stereocenters. The number of piperazine rings is 1. The maximum Gasteiger partial charge on any atom is 0.255 e. The van der Waals surface area contributed by atoms with Crippen LogP contribution in [0.3, 0.4) is 0 Å². The van der Waals surface area contributed by atoms with Crippen molar-refractivity contribution in [1.82, 2.24) is 4.31 Å². The number of anilines is 1. The van der Waals surface area contributed by atoms with Gasteiger partial charge in [0.15, 0.2) is 0 Å². The summed E-state index contributed by atoms with van der Waals surface area (Å²) in [5, 5.41) is 2.75. The van der Waals surface area contributed by atoms with Crippen LogP contribution in [0.15, 0.2) is 47.4 Å². The number of nitrogens with one attached hydrogen (secondary N) is 2. The first kappa shape index (κ1) is 21.1. The first-order chi connectivity index (χ1) is 13.8. The molecule has 0 saturated carbocycles. The van der Waals surface area contributed by atoms with Crippen molar-refractivity contribution in [2.45, 2.75) is 4.90 Å². The minimum atomic E-state index is -3.65. The molecule has 29 heavy (non-hydrogen) atoms. The number of quaternary nitrogens is 1. The van der Waals surface area contributed by atoms with Crippen LogP contribution in [0, 0.1) is 0 Å². The predicted molar refractivity (Wildman–Crippen MR) is 109 cm³/mol. The molecular weight excluding hydrogens is 394 g/mol. The number of ether oxygens (including phenoxy) is 2. The number of carbonyl (C=O) groups excluding carboxylic acids is 1. The number of amides is 1. The number of hydrogen-bond acceptors (Lipinski definition) is 5. The molecule has 0 spiro atoms. The van der Waals surface area contributed by atoms with Crippen molar-refractivity contribution in [3.05, 3.63) is 48.0 Å². The lowest BCUT2D eigenvalue weighted by molar-refractivity contribution is -0.883. The minimum absolute atomic E-state index is 0.128. The summed E-state index contributed by atoms with van der Waals surface area (Å²) >= 11 is 0. The topological polar surface area (TPSA) is 89.4 Å². The Labute approximate surface area is 171 Å². The molecule has 1 aliphatic heterocycles. The fraction of sp³-hybridized carbons (Fsp3) is 0.350. The van der Waals surface area contributed by atoms with E-state index in [2.05, 4.69) is 5.32 Å². The third-order valence-electron chi connectivity index (χ3n) is 4.99. The Balaban J connectivity index is 1.85. The molecular formula is C20H26N3O5S+. The zero-order chi connectivity index (χ0) is 21.0. The van der Waals surface area contributed by atoms with Crippen molar-refractivity contribution in [1.29, 1.82) is 0 Å². The van der Waals surface area contributed by atoms with Crippen LogP contribution in [0.2, 0.25) is 0 Å². The van der Waals surface area contributed by atoms with Crippen molar-refractivity contribution in [3.8, 4) is 11.5 Å². The van der Waals surface area contributed by atoms with Gasteiger partial charge >= 0.3 is 0 Å². The maximum absolute atomic E-state index is 13.0. The van der Waals surface area contributed by atoms with E-state index in [1.165, 1.54) is 28.4 Å². The molecule has 0 aromatic heterocycles. The zero-order valence-corrected chi connectivity index (χ0v) is 17.6. The molecule has 1 heterocycles. The molecule has 156 valence electrons. The van der Waals surface area contributed by atoms with Gasteiger partial charge in [-0.05, 0) is 42.5 Å². The van der Waals surface area contributed by atoms with E-state index in [4.69, 9.17) is 9.47 Å². The number of carbonyl (C=O) groups is 1. The second kappa shape index (κ2) is 8.81. The lowest BCUT2D eigenvalue weighted by Crippen LogP contribution is -3.12. The molecule has 0 radical (unpaired) electrons. The molecule has 1 fully saturated rings. The van der Waals surface area contributed by atoms with Gasteiger partial charge in [-0.15, -0.1) is 0 Å². The molecule has 1 amide bonds. The van der Waals surface area contributed by atoms with Gasteiger partial charge in [0.2, 0.25) is 10.0 Å². The Bertz CT molecular complexity index is 968. The van der Waals surface area contributed by atoms with Crippen LogP contribution < -0.4 is 19.7 Å². The van der Waals surface area contributed by atoms with Crippen molar-refractivity contribution in [2.75, 3.05) is 52.8 Å². The van der Waals surface area contributed by atoms with Crippen molar-refractivity contribution in [3.63, 3.8) is 0 Å². The number of likely N-dealkylation sites (N-methyl/N-ethyl adjacent to an activating group) is 1. The average Bonchev–Trinajstić information content (AvgIpc) is 2.74. The summed E-state index contributed by atoms with van der Waals surface area (Å²) in [7, 11) is 1.42. The van der Waals surface area contributed by atoms with Crippen molar-refractivity contribution in [2.24, 2.45) is 0 Å². The monoisotopic (exact) mass is 420 g/mol. The van der Waals surface area contributed by atoms with E-state index >= 15 is 0 Å². The molecule has 2 aromatic rings. The van der Waals surface area contributed by atoms with E-state index in [0.717, 1.165) is 13.1 Å². The SMILES string of the molecule is COc1ccc(C(=O)Nc2cc(S(=O)(=O)N3CC[NH+](C)CC3)ccc2OC)cc1. The Kier molecular flexibility index (Phi) is 6.41. The highest BCUT2D eigenvalue weighted by Gasteiger charge is 2.29. The number of sulfonamides is 1. The standard InChI is InChI=1S/C20H25N3O5S/c1-22-10-12-23(13-11-22)29(25,26)17-8-9-19(28-3)18(14-17)21-20(24)15-4-6-16(27-2)7-5-15/h4-9,14H,10-13H2,1-3H3,(H,21,24)/p+1. The molecule has 2 N–H and O–H groups in total. The quantitative estimate of drug-likeness (QED) is 0.710. The summed E-state index contributed by atoms with van der Waals surface area (Å²) < 4.78 is 37.9. The zero-order valence-electron chi connectivity index (χ0n) is 16.8.